The average Bonchev–Trinajstić information content (AvgIpc) is 3.13. The maximum absolute atomic E-state index is 6.44. The first-order chi connectivity index (χ1) is 14.1. The van der Waals surface area contributed by atoms with Crippen LogP contribution >= 0.6 is 48.0 Å². The summed E-state index contributed by atoms with van der Waals surface area (Å²) in [6.07, 6.45) is 3.56. The molecule has 6 nitrogen and oxygen atoms in total. The molecule has 2 N–H and O–H groups in total. The van der Waals surface area contributed by atoms with Crippen molar-refractivity contribution in [3.8, 4) is 11.5 Å². The van der Waals surface area contributed by atoms with Crippen LogP contribution in [0.4, 0.5) is 11.5 Å². The van der Waals surface area contributed by atoms with Crippen LogP contribution in [0.1, 0.15) is 0 Å². The second kappa shape index (κ2) is 11.4. The molecular formula is C21H21Cl4N5O. The van der Waals surface area contributed by atoms with Gasteiger partial charge in [0.1, 0.15) is 23.3 Å². The number of benzene rings is 2. The Kier molecular flexibility index (Phi) is 9.22. The molecule has 0 aliphatic heterocycles. The van der Waals surface area contributed by atoms with E-state index in [1.54, 1.807) is 24.5 Å². The quantitative estimate of drug-likeness (QED) is 0.310. The number of hydrogen-bond acceptors (Lipinski definition) is 5. The molecule has 2 aromatic heterocycles. The van der Waals surface area contributed by atoms with Gasteiger partial charge in [-0.2, -0.15) is 0 Å². The Balaban J connectivity index is 0.00000171. The van der Waals surface area contributed by atoms with E-state index in [4.69, 9.17) is 27.9 Å². The molecule has 2 aromatic carbocycles. The molecule has 0 aliphatic carbocycles. The first kappa shape index (κ1) is 25.0. The highest BCUT2D eigenvalue weighted by molar-refractivity contribution is 6.32. The van der Waals surface area contributed by atoms with Gasteiger partial charge in [0.25, 0.3) is 0 Å². The predicted molar refractivity (Wildman–Crippen MR) is 132 cm³/mol. The highest BCUT2D eigenvalue weighted by Gasteiger charge is 2.11. The Morgan fingerprint density at radius 3 is 2.61 bits per heavy atom. The summed E-state index contributed by atoms with van der Waals surface area (Å²) in [5, 5.41) is 7.57. The number of rotatable bonds is 7. The van der Waals surface area contributed by atoms with Crippen molar-refractivity contribution in [2.24, 2.45) is 0 Å². The lowest BCUT2D eigenvalue weighted by Gasteiger charge is -2.12. The third kappa shape index (κ3) is 5.93. The molecule has 4 aromatic rings. The van der Waals surface area contributed by atoms with E-state index in [9.17, 15) is 0 Å². The largest absolute Gasteiger partial charge is 0.456 e. The maximum Gasteiger partial charge on any atom is 0.158 e. The first-order valence-electron chi connectivity index (χ1n) is 9.08. The second-order valence-corrected chi connectivity index (χ2v) is 7.24. The zero-order valence-electron chi connectivity index (χ0n) is 16.5. The van der Waals surface area contributed by atoms with E-state index in [1.165, 1.54) is 0 Å². The molecule has 0 radical (unpaired) electrons. The van der Waals surface area contributed by atoms with Gasteiger partial charge in [0.05, 0.1) is 10.5 Å². The maximum atomic E-state index is 6.44. The Morgan fingerprint density at radius 1 is 1.03 bits per heavy atom. The minimum atomic E-state index is 0. The van der Waals surface area contributed by atoms with Crippen molar-refractivity contribution >= 4 is 70.6 Å². The third-order valence-corrected chi connectivity index (χ3v) is 4.90. The van der Waals surface area contributed by atoms with Gasteiger partial charge in [-0.05, 0) is 49.5 Å². The summed E-state index contributed by atoms with van der Waals surface area (Å²) in [6, 6.07) is 14.7. The van der Waals surface area contributed by atoms with Gasteiger partial charge in [0.15, 0.2) is 5.82 Å². The number of hydrogen-bond donors (Lipinski definition) is 2. The zero-order chi connectivity index (χ0) is 20.2. The van der Waals surface area contributed by atoms with Crippen LogP contribution in [0.3, 0.4) is 0 Å². The monoisotopic (exact) mass is 499 g/mol. The second-order valence-electron chi connectivity index (χ2n) is 6.40. The molecule has 0 atom stereocenters. The third-order valence-electron chi connectivity index (χ3n) is 4.37. The fourth-order valence-corrected chi connectivity index (χ4v) is 3.40. The predicted octanol–water partition coefficient (Wildman–Crippen LogP) is 6.34. The summed E-state index contributed by atoms with van der Waals surface area (Å²) in [5.41, 5.74) is 2.62. The number of anilines is 2. The normalized spacial score (nSPS) is 10.3. The van der Waals surface area contributed by atoms with Crippen molar-refractivity contribution in [1.29, 1.82) is 0 Å². The van der Waals surface area contributed by atoms with Crippen LogP contribution in [-0.2, 0) is 6.54 Å². The number of fused-ring (bicyclic) bond motifs is 1. The molecule has 10 heteroatoms. The standard InChI is InChI=1S/C21H19Cl2N5O.2ClH/c1-24-8-10-28-9-7-18-20(28)21(26-13-25-18)27-15-5-6-19(17(23)12-15)29-16-4-2-3-14(22)11-16;;/h2-7,9,11-13,24H,8,10H2,1H3,(H,25,26,27);2*1H. The lowest BCUT2D eigenvalue weighted by atomic mass is 10.3. The average molecular weight is 501 g/mol. The van der Waals surface area contributed by atoms with Crippen molar-refractivity contribution in [3.63, 3.8) is 0 Å². The molecule has 0 amide bonds. The van der Waals surface area contributed by atoms with Gasteiger partial charge in [0.2, 0.25) is 0 Å². The first-order valence-corrected chi connectivity index (χ1v) is 9.84. The summed E-state index contributed by atoms with van der Waals surface area (Å²) < 4.78 is 7.95. The van der Waals surface area contributed by atoms with E-state index in [-0.39, 0.29) is 24.8 Å². The lowest BCUT2D eigenvalue weighted by molar-refractivity contribution is 0.483. The van der Waals surface area contributed by atoms with Crippen molar-refractivity contribution in [1.82, 2.24) is 19.9 Å². The Hall–Kier alpha value is -2.22. The van der Waals surface area contributed by atoms with E-state index < -0.39 is 0 Å². The number of likely N-dealkylation sites (N-methyl/N-ethyl adjacent to an activating group) is 1. The van der Waals surface area contributed by atoms with Crippen LogP contribution in [0.15, 0.2) is 61.1 Å². The van der Waals surface area contributed by atoms with Crippen LogP contribution in [0.5, 0.6) is 11.5 Å². The number of nitrogens with zero attached hydrogens (tertiary/aromatic N) is 3. The Labute approximate surface area is 202 Å². The molecule has 31 heavy (non-hydrogen) atoms. The molecule has 0 bridgehead atoms. The Morgan fingerprint density at radius 2 is 1.87 bits per heavy atom. The van der Waals surface area contributed by atoms with E-state index in [0.717, 1.165) is 35.6 Å². The molecule has 0 fully saturated rings. The van der Waals surface area contributed by atoms with Gasteiger partial charge in [-0.25, -0.2) is 9.97 Å². The molecule has 2 heterocycles. The van der Waals surface area contributed by atoms with Gasteiger partial charge >= 0.3 is 0 Å². The molecule has 0 saturated heterocycles. The van der Waals surface area contributed by atoms with Gasteiger partial charge in [-0.1, -0.05) is 29.3 Å². The summed E-state index contributed by atoms with van der Waals surface area (Å²) in [7, 11) is 1.93. The smallest absolute Gasteiger partial charge is 0.158 e. The van der Waals surface area contributed by atoms with Crippen molar-refractivity contribution < 1.29 is 4.74 Å². The Bertz CT molecular complexity index is 1150. The van der Waals surface area contributed by atoms with E-state index in [1.807, 2.05) is 43.6 Å². The minimum Gasteiger partial charge on any atom is -0.456 e. The van der Waals surface area contributed by atoms with Crippen LogP contribution in [0.25, 0.3) is 11.0 Å². The van der Waals surface area contributed by atoms with Gasteiger partial charge in [0, 0.05) is 30.0 Å². The number of halogens is 4. The fourth-order valence-electron chi connectivity index (χ4n) is 3.00. The molecule has 0 unspecified atom stereocenters. The summed E-state index contributed by atoms with van der Waals surface area (Å²) in [5.74, 6) is 1.89. The zero-order valence-corrected chi connectivity index (χ0v) is 19.7. The van der Waals surface area contributed by atoms with Crippen LogP contribution in [0, 0.1) is 0 Å². The van der Waals surface area contributed by atoms with Gasteiger partial charge in [-0.3, -0.25) is 0 Å². The molecule has 4 rings (SSSR count). The fraction of sp³-hybridized carbons (Fsp3) is 0.143. The summed E-state index contributed by atoms with van der Waals surface area (Å²) in [6.45, 7) is 1.66. The van der Waals surface area contributed by atoms with Crippen LogP contribution in [0.2, 0.25) is 10.0 Å². The number of aromatic nitrogens is 3. The summed E-state index contributed by atoms with van der Waals surface area (Å²) >= 11 is 12.4. The number of ether oxygens (including phenoxy) is 1. The van der Waals surface area contributed by atoms with Gasteiger partial charge < -0.3 is 19.9 Å². The van der Waals surface area contributed by atoms with Crippen molar-refractivity contribution in [3.05, 3.63) is 71.1 Å². The van der Waals surface area contributed by atoms with Gasteiger partial charge in [-0.15, -0.1) is 24.8 Å². The van der Waals surface area contributed by atoms with E-state index in [2.05, 4.69) is 25.2 Å². The molecular weight excluding hydrogens is 480 g/mol. The highest BCUT2D eigenvalue weighted by atomic mass is 35.5. The minimum absolute atomic E-state index is 0. The molecule has 0 aliphatic rings. The van der Waals surface area contributed by atoms with Crippen molar-refractivity contribution in [2.45, 2.75) is 6.54 Å². The van der Waals surface area contributed by atoms with E-state index in [0.29, 0.717) is 21.5 Å². The molecule has 164 valence electrons. The van der Waals surface area contributed by atoms with E-state index >= 15 is 0 Å². The topological polar surface area (TPSA) is 64.0 Å². The van der Waals surface area contributed by atoms with Crippen LogP contribution < -0.4 is 15.4 Å². The SMILES string of the molecule is CNCCn1ccc2ncnc(Nc3ccc(Oc4cccc(Cl)c4)c(Cl)c3)c21.Cl.Cl. The van der Waals surface area contributed by atoms with Crippen LogP contribution in [-0.4, -0.2) is 28.1 Å². The molecule has 0 saturated carbocycles. The lowest BCUT2D eigenvalue weighted by Crippen LogP contribution is -2.14. The summed E-state index contributed by atoms with van der Waals surface area (Å²) in [4.78, 5) is 8.77. The van der Waals surface area contributed by atoms with Crippen molar-refractivity contribution in [2.75, 3.05) is 18.9 Å². The number of nitrogens with one attached hydrogen (secondary N) is 2. The highest BCUT2D eigenvalue weighted by Crippen LogP contribution is 2.34. The molecule has 0 spiro atoms.